The Balaban J connectivity index is 1.34. The molecular formula is C29H28F2N4O. The summed E-state index contributed by atoms with van der Waals surface area (Å²) in [6.45, 7) is 0.164. The van der Waals surface area contributed by atoms with Crippen molar-refractivity contribution >= 4 is 16.8 Å². The third-order valence-electron chi connectivity index (χ3n) is 8.03. The molecule has 4 aromatic rings. The van der Waals surface area contributed by atoms with E-state index < -0.39 is 0 Å². The van der Waals surface area contributed by atoms with Gasteiger partial charge in [-0.2, -0.15) is 5.10 Å². The Hall–Kier alpha value is -3.58. The van der Waals surface area contributed by atoms with Crippen LogP contribution in [0.1, 0.15) is 41.6 Å². The quantitative estimate of drug-likeness (QED) is 0.389. The number of hydrogen-bond donors (Lipinski definition) is 1. The molecule has 3 heterocycles. The fraction of sp³-hybridized carbons (Fsp3) is 0.310. The van der Waals surface area contributed by atoms with Crippen molar-refractivity contribution in [2.75, 3.05) is 7.05 Å². The van der Waals surface area contributed by atoms with Crippen LogP contribution >= 0.6 is 0 Å². The van der Waals surface area contributed by atoms with Crippen LogP contribution in [0.15, 0.2) is 66.9 Å². The average Bonchev–Trinajstić information content (AvgIpc) is 3.42. The molecule has 1 aromatic heterocycles. The van der Waals surface area contributed by atoms with Crippen molar-refractivity contribution in [3.8, 4) is 11.1 Å². The van der Waals surface area contributed by atoms with Gasteiger partial charge < -0.3 is 9.80 Å². The van der Waals surface area contributed by atoms with Crippen LogP contribution in [0, 0.1) is 11.6 Å². The van der Waals surface area contributed by atoms with Crippen LogP contribution in [0.5, 0.6) is 0 Å². The molecule has 2 aliphatic rings. The molecule has 36 heavy (non-hydrogen) atoms. The lowest BCUT2D eigenvalue weighted by molar-refractivity contribution is 0.0457. The van der Waals surface area contributed by atoms with E-state index in [9.17, 15) is 9.18 Å². The zero-order valence-electron chi connectivity index (χ0n) is 20.1. The predicted molar refractivity (Wildman–Crippen MR) is 135 cm³/mol. The SMILES string of the molecule is CN1[C@@H]2CC[C@H]1CC(N(Cc1cc(-c3ccc4[nH]ncc4c3)ccc1F)C(=O)c1ccc(F)cc1)C2. The van der Waals surface area contributed by atoms with Gasteiger partial charge in [0.2, 0.25) is 0 Å². The van der Waals surface area contributed by atoms with E-state index in [2.05, 4.69) is 22.1 Å². The summed E-state index contributed by atoms with van der Waals surface area (Å²) in [4.78, 5) is 17.9. The van der Waals surface area contributed by atoms with Crippen LogP contribution in [0.4, 0.5) is 8.78 Å². The van der Waals surface area contributed by atoms with E-state index in [1.165, 1.54) is 30.3 Å². The van der Waals surface area contributed by atoms with Crippen LogP contribution in [-0.4, -0.2) is 51.1 Å². The number of halogens is 2. The van der Waals surface area contributed by atoms with Gasteiger partial charge in [-0.05, 0) is 92.4 Å². The van der Waals surface area contributed by atoms with E-state index in [0.717, 1.165) is 47.7 Å². The molecule has 184 valence electrons. The maximum absolute atomic E-state index is 15.2. The molecule has 3 aromatic carbocycles. The molecule has 2 aliphatic heterocycles. The smallest absolute Gasteiger partial charge is 0.254 e. The van der Waals surface area contributed by atoms with E-state index in [0.29, 0.717) is 23.2 Å². The summed E-state index contributed by atoms with van der Waals surface area (Å²) in [6, 6.07) is 17.5. The molecule has 1 N–H and O–H groups in total. The molecule has 0 saturated carbocycles. The third-order valence-corrected chi connectivity index (χ3v) is 8.03. The van der Waals surface area contributed by atoms with Crippen LogP contribution in [-0.2, 0) is 6.54 Å². The van der Waals surface area contributed by atoms with E-state index in [4.69, 9.17) is 0 Å². The first-order chi connectivity index (χ1) is 17.5. The van der Waals surface area contributed by atoms with Crippen LogP contribution in [0.3, 0.4) is 0 Å². The molecule has 6 rings (SSSR count). The highest BCUT2D eigenvalue weighted by Gasteiger charge is 2.41. The first kappa shape index (κ1) is 22.9. The van der Waals surface area contributed by atoms with Gasteiger partial charge in [-0.15, -0.1) is 0 Å². The zero-order valence-corrected chi connectivity index (χ0v) is 20.1. The number of piperidine rings is 1. The van der Waals surface area contributed by atoms with Crippen molar-refractivity contribution in [1.29, 1.82) is 0 Å². The van der Waals surface area contributed by atoms with Crippen molar-refractivity contribution in [2.24, 2.45) is 0 Å². The van der Waals surface area contributed by atoms with Gasteiger partial charge in [-0.3, -0.25) is 9.89 Å². The van der Waals surface area contributed by atoms with Crippen LogP contribution in [0.25, 0.3) is 22.0 Å². The maximum Gasteiger partial charge on any atom is 0.254 e. The summed E-state index contributed by atoms with van der Waals surface area (Å²) in [6.07, 6.45) is 5.73. The average molecular weight is 487 g/mol. The monoisotopic (exact) mass is 486 g/mol. The standard InChI is InChI=1S/C29H28F2N4O/c1-34-24-8-9-25(34)15-26(14-24)35(29(36)18-2-6-23(30)7-3-18)17-22-13-19(4-10-27(22)31)20-5-11-28-21(12-20)16-32-33-28/h2-7,10-13,16,24-26H,8-9,14-15,17H2,1H3,(H,32,33)/t24-,25+,26?. The predicted octanol–water partition coefficient (Wildman–Crippen LogP) is 5.78. The van der Waals surface area contributed by atoms with Gasteiger partial charge in [0.1, 0.15) is 11.6 Å². The highest BCUT2D eigenvalue weighted by atomic mass is 19.1. The van der Waals surface area contributed by atoms with Crippen molar-refractivity contribution in [2.45, 2.75) is 50.4 Å². The van der Waals surface area contributed by atoms with Crippen LogP contribution < -0.4 is 0 Å². The first-order valence-corrected chi connectivity index (χ1v) is 12.5. The highest BCUT2D eigenvalue weighted by Crippen LogP contribution is 2.37. The number of amides is 1. The molecule has 0 radical (unpaired) electrons. The minimum atomic E-state index is -0.385. The fourth-order valence-electron chi connectivity index (χ4n) is 5.94. The molecule has 0 aliphatic carbocycles. The topological polar surface area (TPSA) is 52.2 Å². The molecule has 2 bridgehead atoms. The molecule has 0 spiro atoms. The molecular weight excluding hydrogens is 458 g/mol. The highest BCUT2D eigenvalue weighted by molar-refractivity contribution is 5.94. The number of aromatic nitrogens is 2. The lowest BCUT2D eigenvalue weighted by Gasteiger charge is -2.42. The van der Waals surface area contributed by atoms with Gasteiger partial charge in [-0.25, -0.2) is 8.78 Å². The van der Waals surface area contributed by atoms with Crippen molar-refractivity contribution < 1.29 is 13.6 Å². The number of fused-ring (bicyclic) bond motifs is 3. The van der Waals surface area contributed by atoms with Crippen molar-refractivity contribution in [3.05, 3.63) is 89.6 Å². The Morgan fingerprint density at radius 3 is 2.44 bits per heavy atom. The van der Waals surface area contributed by atoms with Crippen LogP contribution in [0.2, 0.25) is 0 Å². The Bertz CT molecular complexity index is 1400. The minimum absolute atomic E-state index is 0.00147. The Labute approximate surface area is 208 Å². The van der Waals surface area contributed by atoms with Crippen molar-refractivity contribution in [1.82, 2.24) is 20.0 Å². The molecule has 2 fully saturated rings. The van der Waals surface area contributed by atoms with E-state index in [1.807, 2.05) is 29.2 Å². The number of rotatable bonds is 5. The fourth-order valence-corrected chi connectivity index (χ4v) is 5.94. The van der Waals surface area contributed by atoms with Gasteiger partial charge in [0, 0.05) is 41.2 Å². The molecule has 2 saturated heterocycles. The van der Waals surface area contributed by atoms with Gasteiger partial charge in [0.05, 0.1) is 11.7 Å². The maximum atomic E-state index is 15.2. The number of carbonyl (C=O) groups excluding carboxylic acids is 1. The normalized spacial score (nSPS) is 21.7. The van der Waals surface area contributed by atoms with E-state index in [1.54, 1.807) is 12.3 Å². The van der Waals surface area contributed by atoms with Gasteiger partial charge >= 0.3 is 0 Å². The molecule has 7 heteroatoms. The number of nitrogens with one attached hydrogen (secondary N) is 1. The summed E-state index contributed by atoms with van der Waals surface area (Å²) < 4.78 is 28.7. The molecule has 1 unspecified atom stereocenters. The lowest BCUT2D eigenvalue weighted by Crippen LogP contribution is -2.50. The molecule has 5 nitrogen and oxygen atoms in total. The summed E-state index contributed by atoms with van der Waals surface area (Å²) in [5, 5.41) is 8.01. The van der Waals surface area contributed by atoms with E-state index in [-0.39, 0.29) is 30.1 Å². The van der Waals surface area contributed by atoms with Crippen molar-refractivity contribution in [3.63, 3.8) is 0 Å². The zero-order chi connectivity index (χ0) is 24.8. The number of carbonyl (C=O) groups is 1. The Morgan fingerprint density at radius 2 is 1.69 bits per heavy atom. The van der Waals surface area contributed by atoms with Gasteiger partial charge in [0.25, 0.3) is 5.91 Å². The number of aromatic amines is 1. The molecule has 1 amide bonds. The number of benzene rings is 3. The second kappa shape index (κ2) is 9.13. The second-order valence-corrected chi connectivity index (χ2v) is 10.1. The summed E-state index contributed by atoms with van der Waals surface area (Å²) in [7, 11) is 2.16. The van der Waals surface area contributed by atoms with E-state index >= 15 is 4.39 Å². The minimum Gasteiger partial charge on any atom is -0.331 e. The summed E-state index contributed by atoms with van der Waals surface area (Å²) in [5.41, 5.74) is 3.67. The third kappa shape index (κ3) is 4.17. The van der Waals surface area contributed by atoms with Gasteiger partial charge in [-0.1, -0.05) is 12.1 Å². The number of H-pyrrole nitrogens is 1. The number of hydrogen-bond acceptors (Lipinski definition) is 3. The summed E-state index contributed by atoms with van der Waals surface area (Å²) in [5.74, 6) is -0.909. The Morgan fingerprint density at radius 1 is 1.00 bits per heavy atom. The Kier molecular flexibility index (Phi) is 5.80. The largest absolute Gasteiger partial charge is 0.331 e. The lowest BCUT2D eigenvalue weighted by atomic mass is 9.94. The first-order valence-electron chi connectivity index (χ1n) is 12.5. The number of nitrogens with zero attached hydrogens (tertiary/aromatic N) is 3. The second-order valence-electron chi connectivity index (χ2n) is 10.1. The molecule has 3 atom stereocenters. The summed E-state index contributed by atoms with van der Waals surface area (Å²) >= 11 is 0. The van der Waals surface area contributed by atoms with Gasteiger partial charge in [0.15, 0.2) is 0 Å².